The Hall–Kier alpha value is -0.216. The molecule has 1 rings (SSSR count). The smallest absolute Gasteiger partial charge is 0.501 e. The Kier molecular flexibility index (Phi) is 12.9. The first-order valence-corrected chi connectivity index (χ1v) is 16.1. The fourth-order valence-corrected chi connectivity index (χ4v) is 11.9. The molecule has 0 N–H and O–H groups in total. The lowest BCUT2D eigenvalue weighted by molar-refractivity contribution is -0.139. The van der Waals surface area contributed by atoms with Gasteiger partial charge in [-0.05, 0) is 30.5 Å². The normalized spacial score (nSPS) is 16.9. The van der Waals surface area contributed by atoms with Gasteiger partial charge in [0, 0.05) is 27.4 Å². The molecule has 0 amide bonds. The zero-order chi connectivity index (χ0) is 21.8. The molecule has 0 aromatic carbocycles. The Morgan fingerprint density at radius 2 is 1.38 bits per heavy atom. The Labute approximate surface area is 181 Å². The zero-order valence-corrected chi connectivity index (χ0v) is 21.9. The lowest BCUT2D eigenvalue weighted by Crippen LogP contribution is -2.48. The maximum absolute atomic E-state index is 13.3. The fraction of sp³-hybridized carbons (Fsp3) is 0.955. The lowest BCUT2D eigenvalue weighted by atomic mass is 10.2. The average molecular weight is 447 g/mol. The van der Waals surface area contributed by atoms with Crippen LogP contribution in [0.2, 0.25) is 23.7 Å². The van der Waals surface area contributed by atoms with Gasteiger partial charge in [0.15, 0.2) is 0 Å². The maximum atomic E-state index is 13.3. The van der Waals surface area contributed by atoms with Gasteiger partial charge in [-0.15, -0.1) is 0 Å². The van der Waals surface area contributed by atoms with Crippen LogP contribution in [0.4, 0.5) is 0 Å². The second kappa shape index (κ2) is 14.0. The second-order valence-electron chi connectivity index (χ2n) is 8.78. The molecule has 1 aliphatic rings. The van der Waals surface area contributed by atoms with Crippen molar-refractivity contribution in [1.29, 1.82) is 0 Å². The minimum absolute atomic E-state index is 0.0559. The van der Waals surface area contributed by atoms with Gasteiger partial charge in [-0.25, -0.2) is 0 Å². The van der Waals surface area contributed by atoms with Gasteiger partial charge in [-0.3, -0.25) is 4.79 Å². The maximum Gasteiger partial charge on any atom is 0.501 e. The Bertz CT molecular complexity index is 432. The molecule has 1 aliphatic carbocycles. The van der Waals surface area contributed by atoms with Crippen LogP contribution >= 0.6 is 0 Å². The van der Waals surface area contributed by atoms with Crippen LogP contribution in [0.25, 0.3) is 0 Å². The van der Waals surface area contributed by atoms with E-state index >= 15 is 0 Å². The summed E-state index contributed by atoms with van der Waals surface area (Å²) in [6.07, 6.45) is 12.3. The zero-order valence-electron chi connectivity index (χ0n) is 19.9. The van der Waals surface area contributed by atoms with Crippen molar-refractivity contribution >= 4 is 23.1 Å². The van der Waals surface area contributed by atoms with E-state index in [-0.39, 0.29) is 11.9 Å². The molecule has 5 nitrogen and oxygen atoms in total. The third-order valence-corrected chi connectivity index (χ3v) is 14.8. The number of rotatable bonds is 16. The Morgan fingerprint density at radius 3 is 1.79 bits per heavy atom. The van der Waals surface area contributed by atoms with Gasteiger partial charge in [0.05, 0.1) is 5.92 Å². The van der Waals surface area contributed by atoms with E-state index in [1.54, 1.807) is 21.3 Å². The van der Waals surface area contributed by atoms with Crippen LogP contribution in [0.3, 0.4) is 0 Å². The van der Waals surface area contributed by atoms with Gasteiger partial charge >= 0.3 is 8.80 Å². The molecule has 29 heavy (non-hydrogen) atoms. The molecule has 0 aromatic rings. The highest BCUT2D eigenvalue weighted by atomic mass is 28.4. The van der Waals surface area contributed by atoms with Crippen molar-refractivity contribution in [2.45, 2.75) is 109 Å². The molecule has 172 valence electrons. The molecule has 1 fully saturated rings. The third-order valence-electron chi connectivity index (χ3n) is 6.70. The summed E-state index contributed by atoms with van der Waals surface area (Å²) in [5, 5.41) is 0. The molecule has 1 atom stereocenters. The van der Waals surface area contributed by atoms with Crippen molar-refractivity contribution in [2.24, 2.45) is 5.92 Å². The quantitative estimate of drug-likeness (QED) is 0.205. The molecule has 0 heterocycles. The van der Waals surface area contributed by atoms with E-state index in [0.29, 0.717) is 11.6 Å². The van der Waals surface area contributed by atoms with Gasteiger partial charge < -0.3 is 17.7 Å². The predicted molar refractivity (Wildman–Crippen MR) is 123 cm³/mol. The molecule has 1 unspecified atom stereocenters. The number of carbonyl (C=O) groups is 1. The SMILES string of the molecule is CCCCC[Si](CCCCC)(OC(=O)C(C)C[Si](OC)(OC)OC)C1CCCC1. The lowest BCUT2D eigenvalue weighted by Gasteiger charge is -2.38. The van der Waals surface area contributed by atoms with Crippen molar-refractivity contribution in [3.63, 3.8) is 0 Å². The summed E-state index contributed by atoms with van der Waals surface area (Å²) in [5.41, 5.74) is 0.640. The number of unbranched alkanes of at least 4 members (excludes halogenated alkanes) is 4. The summed E-state index contributed by atoms with van der Waals surface area (Å²) >= 11 is 0. The molecule has 0 aliphatic heterocycles. The summed E-state index contributed by atoms with van der Waals surface area (Å²) in [6, 6.07) is 2.73. The van der Waals surface area contributed by atoms with Crippen LogP contribution in [-0.2, 0) is 22.5 Å². The van der Waals surface area contributed by atoms with Crippen LogP contribution < -0.4 is 0 Å². The van der Waals surface area contributed by atoms with E-state index in [9.17, 15) is 4.79 Å². The second-order valence-corrected chi connectivity index (χ2v) is 15.9. The van der Waals surface area contributed by atoms with E-state index < -0.39 is 17.1 Å². The molecule has 7 heteroatoms. The first-order valence-electron chi connectivity index (χ1n) is 11.8. The van der Waals surface area contributed by atoms with Gasteiger partial charge in [0.25, 0.3) is 14.3 Å². The standard InChI is InChI=1S/C22H46O5Si2/c1-7-9-13-17-28(18-14-10-8-2,21-15-11-12-16-21)27-22(23)20(3)19-29(24-4,25-5)26-6/h20-21H,7-19H2,1-6H3. The molecular formula is C22H46O5Si2. The first-order chi connectivity index (χ1) is 13.9. The first kappa shape index (κ1) is 26.8. The Morgan fingerprint density at radius 1 is 0.897 bits per heavy atom. The van der Waals surface area contributed by atoms with Crippen molar-refractivity contribution in [1.82, 2.24) is 0 Å². The monoisotopic (exact) mass is 446 g/mol. The molecule has 0 spiro atoms. The highest BCUT2D eigenvalue weighted by Gasteiger charge is 2.48. The highest BCUT2D eigenvalue weighted by Crippen LogP contribution is 2.45. The van der Waals surface area contributed by atoms with E-state index in [1.165, 1.54) is 64.2 Å². The van der Waals surface area contributed by atoms with Crippen molar-refractivity contribution in [3.05, 3.63) is 0 Å². The van der Waals surface area contributed by atoms with E-state index in [2.05, 4.69) is 13.8 Å². The third kappa shape index (κ3) is 8.09. The molecule has 0 aromatic heterocycles. The molecule has 1 saturated carbocycles. The number of carbonyl (C=O) groups excluding carboxylic acids is 1. The minimum atomic E-state index is -2.80. The molecule has 0 radical (unpaired) electrons. The van der Waals surface area contributed by atoms with Crippen LogP contribution in [-0.4, -0.2) is 44.4 Å². The number of hydrogen-bond acceptors (Lipinski definition) is 5. The van der Waals surface area contributed by atoms with Crippen LogP contribution in [0.15, 0.2) is 0 Å². The van der Waals surface area contributed by atoms with E-state index in [4.69, 9.17) is 17.7 Å². The van der Waals surface area contributed by atoms with Crippen molar-refractivity contribution < 1.29 is 22.5 Å². The number of hydrogen-bond donors (Lipinski definition) is 0. The van der Waals surface area contributed by atoms with E-state index in [1.807, 2.05) is 6.92 Å². The minimum Gasteiger partial charge on any atom is -0.519 e. The van der Waals surface area contributed by atoms with E-state index in [0.717, 1.165) is 12.1 Å². The average Bonchev–Trinajstić information content (AvgIpc) is 3.27. The van der Waals surface area contributed by atoms with Crippen molar-refractivity contribution in [3.8, 4) is 0 Å². The van der Waals surface area contributed by atoms with Gasteiger partial charge in [-0.1, -0.05) is 72.1 Å². The largest absolute Gasteiger partial charge is 0.519 e. The van der Waals surface area contributed by atoms with Crippen molar-refractivity contribution in [2.75, 3.05) is 21.3 Å². The molecule has 0 saturated heterocycles. The summed E-state index contributed by atoms with van der Waals surface area (Å²) < 4.78 is 23.2. The molecular weight excluding hydrogens is 400 g/mol. The summed E-state index contributed by atoms with van der Waals surface area (Å²) in [6.45, 7) is 6.43. The fourth-order valence-electron chi connectivity index (χ4n) is 4.78. The topological polar surface area (TPSA) is 54.0 Å². The van der Waals surface area contributed by atoms with Crippen LogP contribution in [0, 0.1) is 5.92 Å². The summed E-state index contributed by atoms with van der Waals surface area (Å²) in [4.78, 5) is 13.3. The summed E-state index contributed by atoms with van der Waals surface area (Å²) in [5.74, 6) is -0.327. The van der Waals surface area contributed by atoms with Crippen LogP contribution in [0.1, 0.15) is 85.0 Å². The predicted octanol–water partition coefficient (Wildman–Crippen LogP) is 6.31. The summed E-state index contributed by atoms with van der Waals surface area (Å²) in [7, 11) is -0.119. The highest BCUT2D eigenvalue weighted by molar-refractivity contribution is 6.76. The van der Waals surface area contributed by atoms with Gasteiger partial charge in [0.1, 0.15) is 0 Å². The Balaban J connectivity index is 2.97. The molecule has 0 bridgehead atoms. The van der Waals surface area contributed by atoms with Gasteiger partial charge in [-0.2, -0.15) is 0 Å². The van der Waals surface area contributed by atoms with Gasteiger partial charge in [0.2, 0.25) is 0 Å². The van der Waals surface area contributed by atoms with Crippen LogP contribution in [0.5, 0.6) is 0 Å².